The molecule has 8 N–H and O–H groups in total. The monoisotopic (exact) mass is 529 g/mol. The number of hydrogen-bond donors (Lipinski definition) is 7. The molecule has 0 saturated carbocycles. The summed E-state index contributed by atoms with van der Waals surface area (Å²) in [5, 5.41) is 55.5. The number of aliphatic carboxylic acids is 1. The topological polar surface area (TPSA) is 228 Å². The van der Waals surface area contributed by atoms with E-state index in [1.165, 1.54) is 31.1 Å². The maximum absolute atomic E-state index is 13.6. The van der Waals surface area contributed by atoms with Crippen LogP contribution in [0.2, 0.25) is 0 Å². The van der Waals surface area contributed by atoms with E-state index in [9.17, 15) is 44.4 Å². The fourth-order valence-electron chi connectivity index (χ4n) is 5.76. The number of amides is 2. The largest absolute Gasteiger partial charge is 0.510 e. The first-order valence-electron chi connectivity index (χ1n) is 11.7. The minimum Gasteiger partial charge on any atom is -0.510 e. The van der Waals surface area contributed by atoms with Crippen LogP contribution in [-0.4, -0.2) is 85.5 Å². The van der Waals surface area contributed by atoms with Crippen LogP contribution in [-0.2, 0) is 25.6 Å². The zero-order valence-corrected chi connectivity index (χ0v) is 20.5. The van der Waals surface area contributed by atoms with Crippen LogP contribution in [0, 0.1) is 11.8 Å². The number of Topliss-reactive ketones (excluding diaryl/α,β-unsaturated/α-hetero) is 2. The molecule has 13 heteroatoms. The molecular formula is C25H27N3O10. The number of phenolic OH excluding ortho intramolecular Hbond substituents is 1. The van der Waals surface area contributed by atoms with Crippen LogP contribution in [0.25, 0.3) is 0 Å². The van der Waals surface area contributed by atoms with Crippen LogP contribution >= 0.6 is 0 Å². The van der Waals surface area contributed by atoms with E-state index in [-0.39, 0.29) is 36.1 Å². The second-order valence-corrected chi connectivity index (χ2v) is 9.90. The number of carboxylic acid groups (broad SMARTS) is 1. The number of primary amides is 1. The molecule has 0 radical (unpaired) electrons. The Kier molecular flexibility index (Phi) is 6.54. The second-order valence-electron chi connectivity index (χ2n) is 9.90. The lowest BCUT2D eigenvalue weighted by atomic mass is 9.58. The molecule has 2 amide bonds. The van der Waals surface area contributed by atoms with E-state index >= 15 is 0 Å². The number of nitrogens with zero attached hydrogens (tertiary/aromatic N) is 1. The lowest BCUT2D eigenvalue weighted by molar-refractivity contribution is -0.148. The highest BCUT2D eigenvalue weighted by atomic mass is 16.4. The van der Waals surface area contributed by atoms with Gasteiger partial charge in [-0.25, -0.2) is 0 Å². The standard InChI is InChI=1S/C25H27N3O10/c1-28(2)18-11-8-10-7-9-3-4-12(27-13(29)5-6-14(30)31)19(32)15(9)20(33)16(10)22(35)25(11,38)23(36)17(21(18)34)24(26)37/h3-4,10-11,18,32,34-35,38H,5-8H2,1-2H3,(H2,26,37)(H,27,29)(H,30,31)/t10-,11-,18-,25-/m0/s1. The Morgan fingerprint density at radius 1 is 1.13 bits per heavy atom. The van der Waals surface area contributed by atoms with E-state index in [0.29, 0.717) is 5.56 Å². The number of aliphatic hydroxyl groups is 3. The Morgan fingerprint density at radius 2 is 1.79 bits per heavy atom. The molecule has 3 aliphatic carbocycles. The van der Waals surface area contributed by atoms with Crippen molar-refractivity contribution in [1.82, 2.24) is 4.90 Å². The highest BCUT2D eigenvalue weighted by molar-refractivity contribution is 6.25. The molecule has 0 heterocycles. The zero-order valence-electron chi connectivity index (χ0n) is 20.5. The lowest BCUT2D eigenvalue weighted by Crippen LogP contribution is -2.63. The molecule has 0 aromatic heterocycles. The molecule has 13 nitrogen and oxygen atoms in total. The summed E-state index contributed by atoms with van der Waals surface area (Å²) < 4.78 is 0. The minimum absolute atomic E-state index is 0.0415. The molecule has 0 fully saturated rings. The number of aromatic hydroxyl groups is 1. The van der Waals surface area contributed by atoms with E-state index in [1.807, 2.05) is 0 Å². The van der Waals surface area contributed by atoms with E-state index in [0.717, 1.165) is 0 Å². The van der Waals surface area contributed by atoms with Crippen molar-refractivity contribution in [3.05, 3.63) is 45.9 Å². The highest BCUT2D eigenvalue weighted by Crippen LogP contribution is 2.52. The maximum Gasteiger partial charge on any atom is 0.303 e. The van der Waals surface area contributed by atoms with Gasteiger partial charge in [0.15, 0.2) is 17.1 Å². The summed E-state index contributed by atoms with van der Waals surface area (Å²) in [7, 11) is 3.08. The molecule has 0 bridgehead atoms. The van der Waals surface area contributed by atoms with Gasteiger partial charge in [0, 0.05) is 17.9 Å². The Labute approximate surface area is 215 Å². The zero-order chi connectivity index (χ0) is 28.3. The molecule has 38 heavy (non-hydrogen) atoms. The Bertz CT molecular complexity index is 1360. The maximum atomic E-state index is 13.6. The van der Waals surface area contributed by atoms with Gasteiger partial charge in [-0.15, -0.1) is 0 Å². The summed E-state index contributed by atoms with van der Waals surface area (Å²) in [5.74, 6) is -9.56. The smallest absolute Gasteiger partial charge is 0.303 e. The Hall–Kier alpha value is -4.23. The van der Waals surface area contributed by atoms with Gasteiger partial charge in [0.2, 0.25) is 11.7 Å². The number of carbonyl (C=O) groups excluding carboxylic acids is 4. The number of carbonyl (C=O) groups is 5. The number of ketones is 2. The number of nitrogens with two attached hydrogens (primary N) is 1. The van der Waals surface area contributed by atoms with E-state index in [2.05, 4.69) is 5.32 Å². The number of aliphatic hydroxyl groups excluding tert-OH is 2. The molecule has 0 unspecified atom stereocenters. The highest BCUT2D eigenvalue weighted by Gasteiger charge is 2.63. The Morgan fingerprint density at radius 3 is 2.37 bits per heavy atom. The molecular weight excluding hydrogens is 502 g/mol. The van der Waals surface area contributed by atoms with Gasteiger partial charge in [0.25, 0.3) is 5.91 Å². The van der Waals surface area contributed by atoms with Crippen LogP contribution in [0.4, 0.5) is 5.69 Å². The number of allylic oxidation sites excluding steroid dienone is 1. The number of hydrogen-bond acceptors (Lipinski definition) is 10. The van der Waals surface area contributed by atoms with Gasteiger partial charge in [-0.1, -0.05) is 6.07 Å². The first-order chi connectivity index (χ1) is 17.7. The molecule has 0 spiro atoms. The molecule has 202 valence electrons. The van der Waals surface area contributed by atoms with E-state index < -0.39 is 82.1 Å². The Balaban J connectivity index is 1.81. The van der Waals surface area contributed by atoms with Gasteiger partial charge in [0.1, 0.15) is 17.1 Å². The van der Waals surface area contributed by atoms with Crippen LogP contribution in [0.1, 0.15) is 35.2 Å². The summed E-state index contributed by atoms with van der Waals surface area (Å²) in [6.45, 7) is 0. The number of benzene rings is 1. The summed E-state index contributed by atoms with van der Waals surface area (Å²) >= 11 is 0. The van der Waals surface area contributed by atoms with Gasteiger partial charge in [-0.2, -0.15) is 0 Å². The average Bonchev–Trinajstić information content (AvgIpc) is 2.81. The molecule has 0 saturated heterocycles. The van der Waals surface area contributed by atoms with Crippen molar-refractivity contribution < 1.29 is 49.5 Å². The number of rotatable bonds is 6. The van der Waals surface area contributed by atoms with Gasteiger partial charge in [0.05, 0.1) is 23.7 Å². The van der Waals surface area contributed by atoms with Crippen molar-refractivity contribution in [1.29, 1.82) is 0 Å². The number of carboxylic acids is 1. The van der Waals surface area contributed by atoms with E-state index in [4.69, 9.17) is 10.8 Å². The van der Waals surface area contributed by atoms with Crippen molar-refractivity contribution in [2.45, 2.75) is 37.3 Å². The van der Waals surface area contributed by atoms with Gasteiger partial charge < -0.3 is 36.6 Å². The number of likely N-dealkylation sites (N-methyl/N-ethyl adjacent to an activating group) is 1. The summed E-state index contributed by atoms with van der Waals surface area (Å²) in [6.07, 6.45) is -0.757. The van der Waals surface area contributed by atoms with Crippen molar-refractivity contribution in [3.8, 4) is 5.75 Å². The van der Waals surface area contributed by atoms with Crippen LogP contribution in [0.5, 0.6) is 5.75 Å². The van der Waals surface area contributed by atoms with Crippen molar-refractivity contribution >= 4 is 35.0 Å². The lowest BCUT2D eigenvalue weighted by Gasteiger charge is -2.50. The number of phenols is 1. The first kappa shape index (κ1) is 26.8. The fraction of sp³-hybridized carbons (Fsp3) is 0.400. The fourth-order valence-corrected chi connectivity index (χ4v) is 5.76. The normalized spacial score (nSPS) is 26.6. The molecule has 1 aromatic rings. The third-order valence-electron chi connectivity index (χ3n) is 7.44. The summed E-state index contributed by atoms with van der Waals surface area (Å²) in [6, 6.07) is 1.76. The van der Waals surface area contributed by atoms with Gasteiger partial charge in [-0.05, 0) is 44.5 Å². The number of anilines is 1. The van der Waals surface area contributed by atoms with Crippen LogP contribution in [0.15, 0.2) is 34.8 Å². The molecule has 3 aliphatic rings. The van der Waals surface area contributed by atoms with Crippen molar-refractivity contribution in [2.75, 3.05) is 19.4 Å². The third kappa shape index (κ3) is 3.90. The molecule has 4 atom stereocenters. The third-order valence-corrected chi connectivity index (χ3v) is 7.44. The minimum atomic E-state index is -2.75. The number of fused-ring (bicyclic) bond motifs is 3. The predicted molar refractivity (Wildman–Crippen MR) is 129 cm³/mol. The second kappa shape index (κ2) is 9.26. The number of nitrogens with one attached hydrogen (secondary N) is 1. The van der Waals surface area contributed by atoms with Gasteiger partial charge in [-0.3, -0.25) is 28.9 Å². The molecule has 4 rings (SSSR count). The van der Waals surface area contributed by atoms with E-state index in [1.54, 1.807) is 0 Å². The summed E-state index contributed by atoms with van der Waals surface area (Å²) in [5.41, 5.74) is 1.29. The van der Waals surface area contributed by atoms with Crippen LogP contribution in [0.3, 0.4) is 0 Å². The summed E-state index contributed by atoms with van der Waals surface area (Å²) in [4.78, 5) is 63.1. The van der Waals surface area contributed by atoms with Crippen molar-refractivity contribution in [3.63, 3.8) is 0 Å². The van der Waals surface area contributed by atoms with Crippen LogP contribution < -0.4 is 11.1 Å². The predicted octanol–water partition coefficient (Wildman–Crippen LogP) is -0.0761. The molecule has 1 aromatic carbocycles. The van der Waals surface area contributed by atoms with Gasteiger partial charge >= 0.3 is 5.97 Å². The van der Waals surface area contributed by atoms with Crippen molar-refractivity contribution in [2.24, 2.45) is 17.6 Å². The molecule has 0 aliphatic heterocycles. The first-order valence-corrected chi connectivity index (χ1v) is 11.7. The SMILES string of the molecule is CN(C)[C@@H]1C(O)=C(C(N)=O)C(=O)[C@@]2(O)C(O)=C3C(=O)c4c(ccc(NC(=O)CCC(=O)O)c4O)C[C@H]3C[C@@H]12. The average molecular weight is 530 g/mol. The quantitative estimate of drug-likeness (QED) is 0.190.